The number of anilines is 1. The number of piperazine rings is 1. The van der Waals surface area contributed by atoms with E-state index < -0.39 is 23.3 Å². The molecule has 0 aliphatic carbocycles. The van der Waals surface area contributed by atoms with Crippen LogP contribution in [-0.2, 0) is 22.6 Å². The maximum atomic E-state index is 13.5. The largest absolute Gasteiger partial charge is 0.364 e. The number of nitrogens with one attached hydrogen (secondary N) is 1. The highest BCUT2D eigenvalue weighted by Crippen LogP contribution is 2.45. The third-order valence-corrected chi connectivity index (χ3v) is 6.67. The number of barbiturate groups is 1. The monoisotopic (exact) mass is 404 g/mol. The second kappa shape index (κ2) is 6.95. The van der Waals surface area contributed by atoms with E-state index in [-0.39, 0.29) is 6.04 Å². The molecule has 154 valence electrons. The van der Waals surface area contributed by atoms with Crippen LogP contribution in [0.4, 0.5) is 10.5 Å². The first kappa shape index (κ1) is 18.8. The Morgan fingerprint density at radius 3 is 2.53 bits per heavy atom. The van der Waals surface area contributed by atoms with Crippen LogP contribution in [0.1, 0.15) is 11.1 Å². The minimum absolute atomic E-state index is 0.297. The number of carbonyl (C=O) groups is 3. The summed E-state index contributed by atoms with van der Waals surface area (Å²) >= 11 is 0. The molecule has 0 bridgehead atoms. The minimum Gasteiger partial charge on any atom is -0.364 e. The molecular formula is C23H24N4O3. The van der Waals surface area contributed by atoms with E-state index in [0.29, 0.717) is 19.5 Å². The van der Waals surface area contributed by atoms with Gasteiger partial charge < -0.3 is 4.90 Å². The van der Waals surface area contributed by atoms with Crippen molar-refractivity contribution in [2.75, 3.05) is 31.6 Å². The predicted molar refractivity (Wildman–Crippen MR) is 112 cm³/mol. The van der Waals surface area contributed by atoms with Crippen molar-refractivity contribution >= 4 is 23.5 Å². The number of carbonyl (C=O) groups excluding carboxylic acids is 3. The summed E-state index contributed by atoms with van der Waals surface area (Å²) in [5.74, 6) is -0.899. The van der Waals surface area contributed by atoms with Crippen molar-refractivity contribution in [3.8, 4) is 0 Å². The summed E-state index contributed by atoms with van der Waals surface area (Å²) in [7, 11) is 1.45. The van der Waals surface area contributed by atoms with Gasteiger partial charge in [-0.3, -0.25) is 24.7 Å². The number of rotatable bonds is 2. The van der Waals surface area contributed by atoms with Gasteiger partial charge in [-0.2, -0.15) is 0 Å². The minimum atomic E-state index is -1.31. The molecule has 7 nitrogen and oxygen atoms in total. The molecule has 0 radical (unpaired) electrons. The number of imide groups is 2. The first-order chi connectivity index (χ1) is 14.5. The summed E-state index contributed by atoms with van der Waals surface area (Å²) in [6.45, 7) is 2.88. The lowest BCUT2D eigenvalue weighted by atomic mass is 9.67. The van der Waals surface area contributed by atoms with Crippen LogP contribution in [0, 0.1) is 5.41 Å². The quantitative estimate of drug-likeness (QED) is 0.771. The lowest BCUT2D eigenvalue weighted by Gasteiger charge is -2.55. The summed E-state index contributed by atoms with van der Waals surface area (Å²) in [4.78, 5) is 44.3. The zero-order valence-electron chi connectivity index (χ0n) is 16.9. The van der Waals surface area contributed by atoms with Gasteiger partial charge >= 0.3 is 6.03 Å². The molecule has 5 rings (SSSR count). The number of urea groups is 1. The second-order valence-corrected chi connectivity index (χ2v) is 8.33. The Morgan fingerprint density at radius 1 is 1.00 bits per heavy atom. The van der Waals surface area contributed by atoms with Gasteiger partial charge in [0.1, 0.15) is 0 Å². The zero-order chi connectivity index (χ0) is 20.9. The van der Waals surface area contributed by atoms with Crippen molar-refractivity contribution in [1.82, 2.24) is 15.1 Å². The molecule has 2 saturated heterocycles. The molecule has 2 atom stereocenters. The fourth-order valence-corrected chi connectivity index (χ4v) is 5.12. The van der Waals surface area contributed by atoms with E-state index in [9.17, 15) is 14.4 Å². The predicted octanol–water partition coefficient (Wildman–Crippen LogP) is 1.63. The molecular weight excluding hydrogens is 380 g/mol. The lowest BCUT2D eigenvalue weighted by molar-refractivity contribution is -0.153. The Morgan fingerprint density at radius 2 is 1.73 bits per heavy atom. The Bertz CT molecular complexity index is 1020. The summed E-state index contributed by atoms with van der Waals surface area (Å²) in [6, 6.07) is 17.2. The first-order valence-corrected chi connectivity index (χ1v) is 10.2. The van der Waals surface area contributed by atoms with Crippen molar-refractivity contribution in [1.29, 1.82) is 0 Å². The van der Waals surface area contributed by atoms with Gasteiger partial charge in [0.25, 0.3) is 0 Å². The van der Waals surface area contributed by atoms with Gasteiger partial charge in [-0.15, -0.1) is 0 Å². The molecule has 3 aliphatic rings. The Kier molecular flexibility index (Phi) is 4.36. The molecule has 0 aromatic heterocycles. The highest BCUT2D eigenvalue weighted by Gasteiger charge is 2.62. The van der Waals surface area contributed by atoms with Gasteiger partial charge in [-0.25, -0.2) is 4.79 Å². The Hall–Kier alpha value is -3.19. The average molecular weight is 404 g/mol. The number of benzene rings is 2. The summed E-state index contributed by atoms with van der Waals surface area (Å²) in [6.07, 6.45) is 0.297. The van der Waals surface area contributed by atoms with Crippen LogP contribution >= 0.6 is 0 Å². The summed E-state index contributed by atoms with van der Waals surface area (Å²) < 4.78 is 0. The Balaban J connectivity index is 1.55. The van der Waals surface area contributed by atoms with E-state index in [1.165, 1.54) is 12.6 Å². The number of amides is 4. The third-order valence-electron chi connectivity index (χ3n) is 6.67. The number of para-hydroxylation sites is 1. The van der Waals surface area contributed by atoms with E-state index in [1.807, 2.05) is 36.4 Å². The molecule has 3 aliphatic heterocycles. The molecule has 4 amide bonds. The van der Waals surface area contributed by atoms with Crippen LogP contribution in [0.25, 0.3) is 0 Å². The second-order valence-electron chi connectivity index (χ2n) is 8.33. The first-order valence-electron chi connectivity index (χ1n) is 10.2. The molecule has 2 fully saturated rings. The van der Waals surface area contributed by atoms with Gasteiger partial charge in [0.15, 0.2) is 5.41 Å². The van der Waals surface area contributed by atoms with E-state index >= 15 is 0 Å². The van der Waals surface area contributed by atoms with Crippen LogP contribution in [0.5, 0.6) is 0 Å². The normalized spacial score (nSPS) is 26.4. The number of fused-ring (bicyclic) bond motifs is 4. The maximum absolute atomic E-state index is 13.5. The molecule has 2 aromatic rings. The van der Waals surface area contributed by atoms with E-state index in [0.717, 1.165) is 29.2 Å². The number of hydrogen-bond donors (Lipinski definition) is 1. The fraction of sp³-hybridized carbons (Fsp3) is 0.348. The number of hydrogen-bond acceptors (Lipinski definition) is 5. The highest BCUT2D eigenvalue weighted by molar-refractivity contribution is 6.20. The average Bonchev–Trinajstić information content (AvgIpc) is 2.77. The molecule has 3 heterocycles. The smallest absolute Gasteiger partial charge is 0.330 e. The topological polar surface area (TPSA) is 73.0 Å². The standard InChI is InChI=1S/C23H24N4O3/c1-25-21(29)23(20(28)24-22(25)30)13-17-9-5-6-10-18(17)27-12-11-26(15-19(23)27)14-16-7-3-2-4-8-16/h2-10,19H,11-15H2,1H3,(H,24,28,30)/t19-,23-/m0/s1. The maximum Gasteiger partial charge on any atom is 0.330 e. The van der Waals surface area contributed by atoms with Crippen LogP contribution in [-0.4, -0.2) is 60.4 Å². The zero-order valence-corrected chi connectivity index (χ0v) is 16.9. The SMILES string of the molecule is CN1C(=O)NC(=O)[C@@]2(Cc3ccccc3N3CCN(Cc4ccccc4)C[C@H]32)C1=O. The van der Waals surface area contributed by atoms with E-state index in [4.69, 9.17) is 0 Å². The fourth-order valence-electron chi connectivity index (χ4n) is 5.12. The number of nitrogens with zero attached hydrogens (tertiary/aromatic N) is 3. The van der Waals surface area contributed by atoms with Crippen molar-refractivity contribution in [3.05, 3.63) is 65.7 Å². The summed E-state index contributed by atoms with van der Waals surface area (Å²) in [5, 5.41) is 2.43. The van der Waals surface area contributed by atoms with Crippen molar-refractivity contribution in [2.24, 2.45) is 5.41 Å². The van der Waals surface area contributed by atoms with Gasteiger partial charge in [0.2, 0.25) is 11.8 Å². The van der Waals surface area contributed by atoms with Gasteiger partial charge in [-0.1, -0.05) is 48.5 Å². The summed E-state index contributed by atoms with van der Waals surface area (Å²) in [5.41, 5.74) is 1.93. The molecule has 0 saturated carbocycles. The molecule has 1 N–H and O–H groups in total. The van der Waals surface area contributed by atoms with Crippen molar-refractivity contribution in [2.45, 2.75) is 19.0 Å². The highest BCUT2D eigenvalue weighted by atomic mass is 16.2. The molecule has 7 heteroatoms. The van der Waals surface area contributed by atoms with Gasteiger partial charge in [0.05, 0.1) is 6.04 Å². The molecule has 30 heavy (non-hydrogen) atoms. The van der Waals surface area contributed by atoms with E-state index in [2.05, 4.69) is 33.3 Å². The van der Waals surface area contributed by atoms with Gasteiger partial charge in [-0.05, 0) is 23.6 Å². The lowest BCUT2D eigenvalue weighted by Crippen LogP contribution is -2.74. The molecule has 0 unspecified atom stereocenters. The van der Waals surface area contributed by atoms with Crippen molar-refractivity contribution < 1.29 is 14.4 Å². The van der Waals surface area contributed by atoms with E-state index in [1.54, 1.807) is 0 Å². The van der Waals surface area contributed by atoms with Crippen LogP contribution in [0.2, 0.25) is 0 Å². The van der Waals surface area contributed by atoms with Crippen LogP contribution in [0.3, 0.4) is 0 Å². The van der Waals surface area contributed by atoms with Crippen LogP contribution in [0.15, 0.2) is 54.6 Å². The van der Waals surface area contributed by atoms with Gasteiger partial charge in [0, 0.05) is 38.9 Å². The van der Waals surface area contributed by atoms with Crippen molar-refractivity contribution in [3.63, 3.8) is 0 Å². The molecule has 2 aromatic carbocycles. The van der Waals surface area contributed by atoms with Crippen LogP contribution < -0.4 is 10.2 Å². The molecule has 1 spiro atoms. The Labute approximate surface area is 175 Å². The third kappa shape index (κ3) is 2.73.